The number of carbonyl (C=O) groups excluding carboxylic acids is 1. The first-order valence-corrected chi connectivity index (χ1v) is 7.32. The Morgan fingerprint density at radius 3 is 2.68 bits per heavy atom. The topological polar surface area (TPSA) is 47.6 Å². The minimum absolute atomic E-state index is 0.00658. The lowest BCUT2D eigenvalue weighted by Gasteiger charge is -2.14. The van der Waals surface area contributed by atoms with Crippen molar-refractivity contribution in [1.29, 1.82) is 0 Å². The Balaban J connectivity index is 1.94. The van der Waals surface area contributed by atoms with E-state index in [9.17, 15) is 4.79 Å². The van der Waals surface area contributed by atoms with Crippen LogP contribution >= 0.6 is 11.6 Å². The SMILES string of the molecule is COc1cc(C[C@H]2C(=O)Nc3ccccc32)cc(Cl)c1OC. The van der Waals surface area contributed by atoms with E-state index in [0.717, 1.165) is 16.8 Å². The highest BCUT2D eigenvalue weighted by Crippen LogP contribution is 2.39. The molecule has 1 atom stereocenters. The fraction of sp³-hybridized carbons (Fsp3) is 0.235. The number of ether oxygens (including phenoxy) is 2. The van der Waals surface area contributed by atoms with E-state index >= 15 is 0 Å². The summed E-state index contributed by atoms with van der Waals surface area (Å²) in [5.74, 6) is 0.860. The number of fused-ring (bicyclic) bond motifs is 1. The van der Waals surface area contributed by atoms with Crippen molar-refractivity contribution in [3.05, 3.63) is 52.5 Å². The van der Waals surface area contributed by atoms with Crippen molar-refractivity contribution in [1.82, 2.24) is 0 Å². The predicted molar refractivity (Wildman–Crippen MR) is 86.1 cm³/mol. The summed E-state index contributed by atoms with van der Waals surface area (Å²) in [7, 11) is 3.11. The number of anilines is 1. The number of methoxy groups -OCH3 is 2. The van der Waals surface area contributed by atoms with Crippen molar-refractivity contribution >= 4 is 23.2 Å². The highest BCUT2D eigenvalue weighted by molar-refractivity contribution is 6.32. The average molecular weight is 318 g/mol. The molecule has 0 saturated carbocycles. The number of hydrogen-bond acceptors (Lipinski definition) is 3. The van der Waals surface area contributed by atoms with Gasteiger partial charge in [-0.25, -0.2) is 0 Å². The number of halogens is 1. The maximum Gasteiger partial charge on any atom is 0.232 e. The first kappa shape index (κ1) is 14.7. The number of para-hydroxylation sites is 1. The van der Waals surface area contributed by atoms with Gasteiger partial charge in [0.15, 0.2) is 11.5 Å². The number of nitrogens with one attached hydrogen (secondary N) is 1. The molecule has 3 rings (SSSR count). The third kappa shape index (κ3) is 2.50. The smallest absolute Gasteiger partial charge is 0.232 e. The van der Waals surface area contributed by atoms with Crippen molar-refractivity contribution in [2.24, 2.45) is 0 Å². The summed E-state index contributed by atoms with van der Waals surface area (Å²) >= 11 is 6.23. The summed E-state index contributed by atoms with van der Waals surface area (Å²) in [4.78, 5) is 12.2. The Bertz CT molecular complexity index is 730. The van der Waals surface area contributed by atoms with Gasteiger partial charge in [0.05, 0.1) is 25.2 Å². The third-order valence-corrected chi connectivity index (χ3v) is 4.12. The highest BCUT2D eigenvalue weighted by atomic mass is 35.5. The average Bonchev–Trinajstić information content (AvgIpc) is 2.83. The van der Waals surface area contributed by atoms with Gasteiger partial charge in [-0.2, -0.15) is 0 Å². The fourth-order valence-corrected chi connectivity index (χ4v) is 3.11. The van der Waals surface area contributed by atoms with Gasteiger partial charge in [-0.05, 0) is 35.7 Å². The van der Waals surface area contributed by atoms with E-state index in [1.165, 1.54) is 0 Å². The van der Waals surface area contributed by atoms with Crippen LogP contribution in [0.5, 0.6) is 11.5 Å². The lowest BCUT2D eigenvalue weighted by atomic mass is 9.93. The molecule has 5 heteroatoms. The van der Waals surface area contributed by atoms with Crippen LogP contribution in [-0.4, -0.2) is 20.1 Å². The zero-order chi connectivity index (χ0) is 15.7. The van der Waals surface area contributed by atoms with Crippen molar-refractivity contribution in [3.63, 3.8) is 0 Å². The van der Waals surface area contributed by atoms with Crippen molar-refractivity contribution < 1.29 is 14.3 Å². The van der Waals surface area contributed by atoms with E-state index in [1.54, 1.807) is 14.2 Å². The lowest BCUT2D eigenvalue weighted by molar-refractivity contribution is -0.117. The normalized spacial score (nSPS) is 16.1. The van der Waals surface area contributed by atoms with E-state index in [4.69, 9.17) is 21.1 Å². The Labute approximate surface area is 134 Å². The van der Waals surface area contributed by atoms with Gasteiger partial charge in [0, 0.05) is 5.69 Å². The van der Waals surface area contributed by atoms with E-state index in [0.29, 0.717) is 22.9 Å². The van der Waals surface area contributed by atoms with E-state index < -0.39 is 0 Å². The number of benzene rings is 2. The maximum absolute atomic E-state index is 12.2. The molecule has 1 amide bonds. The summed E-state index contributed by atoms with van der Waals surface area (Å²) in [5, 5.41) is 3.38. The molecule has 0 fully saturated rings. The summed E-state index contributed by atoms with van der Waals surface area (Å²) in [6, 6.07) is 11.4. The van der Waals surface area contributed by atoms with Crippen LogP contribution in [0, 0.1) is 0 Å². The second kappa shape index (κ2) is 5.89. The van der Waals surface area contributed by atoms with Crippen LogP contribution < -0.4 is 14.8 Å². The van der Waals surface area contributed by atoms with Crippen molar-refractivity contribution in [2.45, 2.75) is 12.3 Å². The molecule has 2 aromatic carbocycles. The van der Waals surface area contributed by atoms with Crippen LogP contribution in [0.3, 0.4) is 0 Å². The molecule has 114 valence electrons. The Kier molecular flexibility index (Phi) is 3.94. The van der Waals surface area contributed by atoms with Gasteiger partial charge in [-0.15, -0.1) is 0 Å². The molecular weight excluding hydrogens is 302 g/mol. The van der Waals surface area contributed by atoms with Crippen molar-refractivity contribution in [3.8, 4) is 11.5 Å². The van der Waals surface area contributed by atoms with Crippen LogP contribution in [0.25, 0.3) is 0 Å². The largest absolute Gasteiger partial charge is 0.493 e. The second-order valence-corrected chi connectivity index (χ2v) is 5.55. The van der Waals surface area contributed by atoms with E-state index in [-0.39, 0.29) is 11.8 Å². The molecule has 1 heterocycles. The summed E-state index contributed by atoms with van der Waals surface area (Å²) in [6.07, 6.45) is 0.558. The van der Waals surface area contributed by atoms with Crippen LogP contribution in [0.2, 0.25) is 5.02 Å². The first-order valence-electron chi connectivity index (χ1n) is 6.94. The molecular formula is C17H16ClNO3. The standard InChI is InChI=1S/C17H16ClNO3/c1-21-15-9-10(8-13(18)16(15)22-2)7-12-11-5-3-4-6-14(11)19-17(12)20/h3-6,8-9,12H,7H2,1-2H3,(H,19,20)/t12-/m1/s1. The van der Waals surface area contributed by atoms with Crippen LogP contribution in [0.4, 0.5) is 5.69 Å². The van der Waals surface area contributed by atoms with Gasteiger partial charge < -0.3 is 14.8 Å². The van der Waals surface area contributed by atoms with Crippen LogP contribution in [0.15, 0.2) is 36.4 Å². The van der Waals surface area contributed by atoms with Gasteiger partial charge in [-0.3, -0.25) is 4.79 Å². The minimum Gasteiger partial charge on any atom is -0.493 e. The molecule has 0 aromatic heterocycles. The van der Waals surface area contributed by atoms with Gasteiger partial charge in [0.1, 0.15) is 0 Å². The molecule has 1 aliphatic heterocycles. The maximum atomic E-state index is 12.2. The molecule has 1 aliphatic rings. The molecule has 0 unspecified atom stereocenters. The zero-order valence-electron chi connectivity index (χ0n) is 12.4. The van der Waals surface area contributed by atoms with Gasteiger partial charge >= 0.3 is 0 Å². The zero-order valence-corrected chi connectivity index (χ0v) is 13.1. The van der Waals surface area contributed by atoms with Crippen LogP contribution in [0.1, 0.15) is 17.0 Å². The molecule has 1 N–H and O–H groups in total. The molecule has 0 saturated heterocycles. The molecule has 0 aliphatic carbocycles. The molecule has 0 bridgehead atoms. The summed E-state index contributed by atoms with van der Waals surface area (Å²) in [5.41, 5.74) is 2.82. The Hall–Kier alpha value is -2.20. The van der Waals surface area contributed by atoms with Gasteiger partial charge in [0.25, 0.3) is 0 Å². The van der Waals surface area contributed by atoms with Crippen LogP contribution in [-0.2, 0) is 11.2 Å². The molecule has 2 aromatic rings. The highest BCUT2D eigenvalue weighted by Gasteiger charge is 2.30. The summed E-state index contributed by atoms with van der Waals surface area (Å²) < 4.78 is 10.5. The number of hydrogen-bond donors (Lipinski definition) is 1. The quantitative estimate of drug-likeness (QED) is 0.936. The number of amides is 1. The monoisotopic (exact) mass is 317 g/mol. The van der Waals surface area contributed by atoms with E-state index in [2.05, 4.69) is 5.32 Å². The van der Waals surface area contributed by atoms with Crippen molar-refractivity contribution in [2.75, 3.05) is 19.5 Å². The Morgan fingerprint density at radius 2 is 1.95 bits per heavy atom. The Morgan fingerprint density at radius 1 is 1.18 bits per heavy atom. The van der Waals surface area contributed by atoms with E-state index in [1.807, 2.05) is 36.4 Å². The minimum atomic E-state index is -0.217. The van der Waals surface area contributed by atoms with Gasteiger partial charge in [0.2, 0.25) is 5.91 Å². The summed E-state index contributed by atoms with van der Waals surface area (Å²) in [6.45, 7) is 0. The molecule has 4 nitrogen and oxygen atoms in total. The number of rotatable bonds is 4. The second-order valence-electron chi connectivity index (χ2n) is 5.15. The fourth-order valence-electron chi connectivity index (χ4n) is 2.80. The molecule has 22 heavy (non-hydrogen) atoms. The number of carbonyl (C=O) groups is 1. The molecule has 0 spiro atoms. The van der Waals surface area contributed by atoms with Gasteiger partial charge in [-0.1, -0.05) is 29.8 Å². The predicted octanol–water partition coefficient (Wildman–Crippen LogP) is 3.64. The first-order chi connectivity index (χ1) is 10.6. The lowest BCUT2D eigenvalue weighted by Crippen LogP contribution is -2.14. The third-order valence-electron chi connectivity index (χ3n) is 3.84. The molecule has 0 radical (unpaired) electrons.